The van der Waals surface area contributed by atoms with Crippen molar-refractivity contribution < 1.29 is 12.8 Å². The fourth-order valence-electron chi connectivity index (χ4n) is 2.91. The first-order chi connectivity index (χ1) is 11.0. The lowest BCUT2D eigenvalue weighted by molar-refractivity contribution is 0.379. The number of benzene rings is 1. The second-order valence-electron chi connectivity index (χ2n) is 5.54. The quantitative estimate of drug-likeness (QED) is 0.894. The molecule has 0 radical (unpaired) electrons. The van der Waals surface area contributed by atoms with E-state index in [0.717, 1.165) is 12.8 Å². The standard InChI is InChI=1S/C15H19FN4O2S/c1-17-9-12-5-4-8-20(12)23(21,22)13-10-18-19(11-13)15-7-3-2-6-14(15)16/h2-3,6-7,10-12,17H,4-5,8-9H2,1H3. The van der Waals surface area contributed by atoms with Crippen molar-refractivity contribution in [2.45, 2.75) is 23.8 Å². The average Bonchev–Trinajstić information content (AvgIpc) is 3.17. The second-order valence-corrected chi connectivity index (χ2v) is 7.43. The van der Waals surface area contributed by atoms with Gasteiger partial charge in [0.25, 0.3) is 0 Å². The summed E-state index contributed by atoms with van der Waals surface area (Å²) in [6, 6.07) is 6.07. The fourth-order valence-corrected chi connectivity index (χ4v) is 4.54. The number of nitrogens with one attached hydrogen (secondary N) is 1. The van der Waals surface area contributed by atoms with Gasteiger partial charge in [-0.05, 0) is 32.0 Å². The molecule has 1 aromatic heterocycles. The lowest BCUT2D eigenvalue weighted by Crippen LogP contribution is -2.40. The van der Waals surface area contributed by atoms with Gasteiger partial charge < -0.3 is 5.32 Å². The zero-order valence-electron chi connectivity index (χ0n) is 12.8. The first-order valence-corrected chi connectivity index (χ1v) is 8.94. The van der Waals surface area contributed by atoms with Crippen molar-refractivity contribution in [3.63, 3.8) is 0 Å². The van der Waals surface area contributed by atoms with Crippen LogP contribution in [-0.4, -0.2) is 48.7 Å². The molecule has 0 spiro atoms. The molecule has 1 saturated heterocycles. The number of likely N-dealkylation sites (N-methyl/N-ethyl adjacent to an activating group) is 1. The highest BCUT2D eigenvalue weighted by atomic mass is 32.2. The van der Waals surface area contributed by atoms with Crippen LogP contribution in [0.15, 0.2) is 41.6 Å². The molecule has 0 bridgehead atoms. The van der Waals surface area contributed by atoms with E-state index in [0.29, 0.717) is 13.1 Å². The first kappa shape index (κ1) is 16.1. The minimum atomic E-state index is -3.62. The summed E-state index contributed by atoms with van der Waals surface area (Å²) in [7, 11) is -1.82. The minimum absolute atomic E-state index is 0.0539. The van der Waals surface area contributed by atoms with Gasteiger partial charge in [0.1, 0.15) is 16.4 Å². The van der Waals surface area contributed by atoms with E-state index in [9.17, 15) is 12.8 Å². The summed E-state index contributed by atoms with van der Waals surface area (Å²) in [5.74, 6) is -0.450. The Morgan fingerprint density at radius 3 is 2.91 bits per heavy atom. The summed E-state index contributed by atoms with van der Waals surface area (Å²) in [5.41, 5.74) is 0.224. The van der Waals surface area contributed by atoms with Crippen molar-refractivity contribution >= 4 is 10.0 Å². The summed E-state index contributed by atoms with van der Waals surface area (Å²) < 4.78 is 42.2. The molecule has 1 unspecified atom stereocenters. The third kappa shape index (κ3) is 3.01. The Bertz CT molecular complexity index is 790. The SMILES string of the molecule is CNCC1CCCN1S(=O)(=O)c1cnn(-c2ccccc2F)c1. The maximum Gasteiger partial charge on any atom is 0.246 e. The molecule has 2 heterocycles. The molecule has 1 aliphatic rings. The van der Waals surface area contributed by atoms with Gasteiger partial charge in [0.15, 0.2) is 0 Å². The molecule has 1 atom stereocenters. The zero-order chi connectivity index (χ0) is 16.4. The van der Waals surface area contributed by atoms with Crippen LogP contribution in [0.5, 0.6) is 0 Å². The second kappa shape index (κ2) is 6.38. The predicted octanol–water partition coefficient (Wildman–Crippen LogP) is 1.38. The van der Waals surface area contributed by atoms with Crippen LogP contribution in [0.2, 0.25) is 0 Å². The molecule has 1 N–H and O–H groups in total. The maximum absolute atomic E-state index is 13.8. The van der Waals surface area contributed by atoms with Gasteiger partial charge in [-0.3, -0.25) is 0 Å². The van der Waals surface area contributed by atoms with Gasteiger partial charge in [-0.2, -0.15) is 9.40 Å². The molecule has 6 nitrogen and oxygen atoms in total. The van der Waals surface area contributed by atoms with Crippen molar-refractivity contribution in [1.29, 1.82) is 0 Å². The van der Waals surface area contributed by atoms with Crippen LogP contribution in [0.3, 0.4) is 0 Å². The van der Waals surface area contributed by atoms with Crippen LogP contribution in [-0.2, 0) is 10.0 Å². The molecule has 124 valence electrons. The van der Waals surface area contributed by atoms with Gasteiger partial charge in [-0.25, -0.2) is 17.5 Å². The summed E-state index contributed by atoms with van der Waals surface area (Å²) >= 11 is 0. The molecule has 1 fully saturated rings. The molecule has 2 aromatic rings. The van der Waals surface area contributed by atoms with E-state index in [4.69, 9.17) is 0 Å². The molecule has 0 amide bonds. The Morgan fingerprint density at radius 2 is 2.17 bits per heavy atom. The van der Waals surface area contributed by atoms with Gasteiger partial charge in [0.2, 0.25) is 10.0 Å². The van der Waals surface area contributed by atoms with Crippen LogP contribution in [0.1, 0.15) is 12.8 Å². The number of nitrogens with zero attached hydrogens (tertiary/aromatic N) is 3. The molecule has 23 heavy (non-hydrogen) atoms. The summed E-state index contributed by atoms with van der Waals surface area (Å²) in [6.07, 6.45) is 4.31. The summed E-state index contributed by atoms with van der Waals surface area (Å²) in [6.45, 7) is 1.11. The van der Waals surface area contributed by atoms with Crippen LogP contribution in [0.4, 0.5) is 4.39 Å². The minimum Gasteiger partial charge on any atom is -0.318 e. The summed E-state index contributed by atoms with van der Waals surface area (Å²) in [5, 5.41) is 7.04. The van der Waals surface area contributed by atoms with Crippen molar-refractivity contribution in [2.75, 3.05) is 20.1 Å². The maximum atomic E-state index is 13.8. The molecule has 3 rings (SSSR count). The topological polar surface area (TPSA) is 67.2 Å². The number of hydrogen-bond acceptors (Lipinski definition) is 4. The Kier molecular flexibility index (Phi) is 4.47. The van der Waals surface area contributed by atoms with E-state index in [-0.39, 0.29) is 16.6 Å². The number of sulfonamides is 1. The third-order valence-corrected chi connectivity index (χ3v) is 5.93. The fraction of sp³-hybridized carbons (Fsp3) is 0.400. The Hall–Kier alpha value is -1.77. The number of aromatic nitrogens is 2. The normalized spacial score (nSPS) is 19.3. The lowest BCUT2D eigenvalue weighted by Gasteiger charge is -2.22. The Morgan fingerprint density at radius 1 is 1.39 bits per heavy atom. The third-order valence-electron chi connectivity index (χ3n) is 4.03. The molecule has 0 saturated carbocycles. The van der Waals surface area contributed by atoms with Gasteiger partial charge in [0, 0.05) is 19.1 Å². The number of halogens is 1. The largest absolute Gasteiger partial charge is 0.318 e. The Balaban J connectivity index is 1.92. The monoisotopic (exact) mass is 338 g/mol. The van der Waals surface area contributed by atoms with Crippen LogP contribution in [0, 0.1) is 5.82 Å². The van der Waals surface area contributed by atoms with Crippen LogP contribution < -0.4 is 5.32 Å². The van der Waals surface area contributed by atoms with E-state index in [1.54, 1.807) is 25.2 Å². The van der Waals surface area contributed by atoms with Crippen molar-refractivity contribution in [3.8, 4) is 5.69 Å². The number of para-hydroxylation sites is 1. The smallest absolute Gasteiger partial charge is 0.246 e. The van der Waals surface area contributed by atoms with Crippen LogP contribution >= 0.6 is 0 Å². The van der Waals surface area contributed by atoms with Crippen LogP contribution in [0.25, 0.3) is 5.69 Å². The molecule has 0 aliphatic carbocycles. The average molecular weight is 338 g/mol. The number of rotatable bonds is 5. The van der Waals surface area contributed by atoms with E-state index < -0.39 is 15.8 Å². The van der Waals surface area contributed by atoms with E-state index in [1.165, 1.54) is 27.4 Å². The summed E-state index contributed by atoms with van der Waals surface area (Å²) in [4.78, 5) is 0.0868. The predicted molar refractivity (Wildman–Crippen MR) is 84.4 cm³/mol. The van der Waals surface area contributed by atoms with Gasteiger partial charge in [-0.15, -0.1) is 0 Å². The zero-order valence-corrected chi connectivity index (χ0v) is 13.6. The van der Waals surface area contributed by atoms with E-state index in [1.807, 2.05) is 0 Å². The highest BCUT2D eigenvalue weighted by Crippen LogP contribution is 2.26. The van der Waals surface area contributed by atoms with Gasteiger partial charge >= 0.3 is 0 Å². The van der Waals surface area contributed by atoms with Gasteiger partial charge in [0.05, 0.1) is 12.4 Å². The number of hydrogen-bond donors (Lipinski definition) is 1. The lowest BCUT2D eigenvalue weighted by atomic mass is 10.2. The van der Waals surface area contributed by atoms with Crippen molar-refractivity contribution in [2.24, 2.45) is 0 Å². The van der Waals surface area contributed by atoms with Crippen molar-refractivity contribution in [1.82, 2.24) is 19.4 Å². The first-order valence-electron chi connectivity index (χ1n) is 7.50. The highest BCUT2D eigenvalue weighted by Gasteiger charge is 2.35. The van der Waals surface area contributed by atoms with Crippen molar-refractivity contribution in [3.05, 3.63) is 42.5 Å². The van der Waals surface area contributed by atoms with E-state index in [2.05, 4.69) is 10.4 Å². The van der Waals surface area contributed by atoms with Gasteiger partial charge in [-0.1, -0.05) is 12.1 Å². The highest BCUT2D eigenvalue weighted by molar-refractivity contribution is 7.89. The van der Waals surface area contributed by atoms with E-state index >= 15 is 0 Å². The Labute approximate surface area is 135 Å². The molecular weight excluding hydrogens is 319 g/mol. The molecular formula is C15H19FN4O2S. The molecule has 1 aromatic carbocycles. The molecule has 1 aliphatic heterocycles. The molecule has 8 heteroatoms.